The quantitative estimate of drug-likeness (QED) is 0.537. The van der Waals surface area contributed by atoms with E-state index in [-0.39, 0.29) is 17.0 Å². The van der Waals surface area contributed by atoms with E-state index in [9.17, 15) is 9.59 Å². The molecule has 3 aromatic carbocycles. The fourth-order valence-electron chi connectivity index (χ4n) is 3.44. The SMILES string of the molecule is O=C(c1cc2ccccc2[nH]c1=O)N(CCc1ccccc1)Cc1ccccc1. The third-order valence-corrected chi connectivity index (χ3v) is 5.00. The van der Waals surface area contributed by atoms with Crippen molar-refractivity contribution in [1.82, 2.24) is 9.88 Å². The number of para-hydroxylation sites is 1. The molecule has 1 heterocycles. The topological polar surface area (TPSA) is 53.2 Å². The predicted molar refractivity (Wildman–Crippen MR) is 116 cm³/mol. The number of nitrogens with zero attached hydrogens (tertiary/aromatic N) is 1. The number of hydrogen-bond donors (Lipinski definition) is 1. The van der Waals surface area contributed by atoms with Gasteiger partial charge < -0.3 is 9.88 Å². The fourth-order valence-corrected chi connectivity index (χ4v) is 3.44. The zero-order valence-electron chi connectivity index (χ0n) is 16.0. The van der Waals surface area contributed by atoms with Crippen LogP contribution in [0.25, 0.3) is 10.9 Å². The first-order valence-electron chi connectivity index (χ1n) is 9.70. The van der Waals surface area contributed by atoms with Crippen molar-refractivity contribution in [3.8, 4) is 0 Å². The van der Waals surface area contributed by atoms with E-state index in [1.54, 1.807) is 11.0 Å². The minimum Gasteiger partial charge on any atom is -0.334 e. The highest BCUT2D eigenvalue weighted by Crippen LogP contribution is 2.14. The second-order valence-electron chi connectivity index (χ2n) is 7.05. The summed E-state index contributed by atoms with van der Waals surface area (Å²) >= 11 is 0. The second kappa shape index (κ2) is 8.57. The van der Waals surface area contributed by atoms with Gasteiger partial charge in [-0.3, -0.25) is 9.59 Å². The van der Waals surface area contributed by atoms with Crippen molar-refractivity contribution < 1.29 is 4.79 Å². The molecule has 4 aromatic rings. The number of amides is 1. The predicted octanol–water partition coefficient (Wildman–Crippen LogP) is 4.41. The summed E-state index contributed by atoms with van der Waals surface area (Å²) in [6.45, 7) is 0.989. The molecule has 0 radical (unpaired) electrons. The number of carbonyl (C=O) groups is 1. The minimum atomic E-state index is -0.355. The lowest BCUT2D eigenvalue weighted by Gasteiger charge is -2.23. The van der Waals surface area contributed by atoms with Crippen LogP contribution in [0, 0.1) is 0 Å². The van der Waals surface area contributed by atoms with Gasteiger partial charge in [0.05, 0.1) is 0 Å². The summed E-state index contributed by atoms with van der Waals surface area (Å²) in [6.07, 6.45) is 0.727. The number of H-pyrrole nitrogens is 1. The summed E-state index contributed by atoms with van der Waals surface area (Å²) in [5, 5.41) is 0.846. The third-order valence-electron chi connectivity index (χ3n) is 5.00. The molecular formula is C25H22N2O2. The Kier molecular flexibility index (Phi) is 5.52. The van der Waals surface area contributed by atoms with Gasteiger partial charge in [0.25, 0.3) is 11.5 Å². The average molecular weight is 382 g/mol. The van der Waals surface area contributed by atoms with Crippen LogP contribution in [-0.2, 0) is 13.0 Å². The van der Waals surface area contributed by atoms with Gasteiger partial charge in [-0.2, -0.15) is 0 Å². The van der Waals surface area contributed by atoms with Crippen LogP contribution < -0.4 is 5.56 Å². The fraction of sp³-hybridized carbons (Fsp3) is 0.120. The number of pyridine rings is 1. The highest BCUT2D eigenvalue weighted by Gasteiger charge is 2.20. The van der Waals surface area contributed by atoms with E-state index >= 15 is 0 Å². The molecule has 144 valence electrons. The van der Waals surface area contributed by atoms with Crippen molar-refractivity contribution in [2.75, 3.05) is 6.54 Å². The molecule has 29 heavy (non-hydrogen) atoms. The Balaban J connectivity index is 1.64. The number of aromatic nitrogens is 1. The Morgan fingerprint density at radius 3 is 2.14 bits per heavy atom. The maximum absolute atomic E-state index is 13.3. The van der Waals surface area contributed by atoms with Crippen molar-refractivity contribution in [2.45, 2.75) is 13.0 Å². The first-order valence-corrected chi connectivity index (χ1v) is 9.70. The largest absolute Gasteiger partial charge is 0.334 e. The Morgan fingerprint density at radius 1 is 0.793 bits per heavy atom. The number of benzene rings is 3. The molecule has 0 aliphatic rings. The maximum atomic E-state index is 13.3. The molecule has 4 nitrogen and oxygen atoms in total. The molecule has 4 rings (SSSR count). The standard InChI is InChI=1S/C25H22N2O2/c28-24-22(17-21-13-7-8-14-23(21)26-24)25(29)27(18-20-11-5-2-6-12-20)16-15-19-9-3-1-4-10-19/h1-14,17H,15-16,18H2,(H,26,28). The van der Waals surface area contributed by atoms with Gasteiger partial charge in [0.1, 0.15) is 5.56 Å². The number of hydrogen-bond acceptors (Lipinski definition) is 2. The van der Waals surface area contributed by atoms with Crippen LogP contribution in [0.2, 0.25) is 0 Å². The van der Waals surface area contributed by atoms with Crippen molar-refractivity contribution >= 4 is 16.8 Å². The molecule has 0 aliphatic carbocycles. The van der Waals surface area contributed by atoms with Crippen molar-refractivity contribution in [1.29, 1.82) is 0 Å². The number of carbonyl (C=O) groups excluding carboxylic acids is 1. The lowest BCUT2D eigenvalue weighted by molar-refractivity contribution is 0.0743. The Morgan fingerprint density at radius 2 is 1.41 bits per heavy atom. The molecule has 1 amide bonds. The average Bonchev–Trinajstić information content (AvgIpc) is 2.77. The van der Waals surface area contributed by atoms with E-state index in [0.717, 1.165) is 28.5 Å². The van der Waals surface area contributed by atoms with Crippen LogP contribution in [0.15, 0.2) is 95.8 Å². The number of aromatic amines is 1. The lowest BCUT2D eigenvalue weighted by atomic mass is 10.1. The van der Waals surface area contributed by atoms with Gasteiger partial charge in [-0.1, -0.05) is 78.9 Å². The van der Waals surface area contributed by atoms with E-state index in [2.05, 4.69) is 4.98 Å². The van der Waals surface area contributed by atoms with Gasteiger partial charge in [-0.25, -0.2) is 0 Å². The van der Waals surface area contributed by atoms with Crippen LogP contribution >= 0.6 is 0 Å². The van der Waals surface area contributed by atoms with Crippen LogP contribution in [0.3, 0.4) is 0 Å². The molecule has 0 bridgehead atoms. The van der Waals surface area contributed by atoms with Gasteiger partial charge >= 0.3 is 0 Å². The number of nitrogens with one attached hydrogen (secondary N) is 1. The lowest BCUT2D eigenvalue weighted by Crippen LogP contribution is -2.35. The third kappa shape index (κ3) is 4.43. The summed E-state index contributed by atoms with van der Waals surface area (Å²) in [7, 11) is 0. The first kappa shape index (κ1) is 18.7. The summed E-state index contributed by atoms with van der Waals surface area (Å²) < 4.78 is 0. The molecule has 0 spiro atoms. The molecule has 0 unspecified atom stereocenters. The molecular weight excluding hydrogens is 360 g/mol. The highest BCUT2D eigenvalue weighted by atomic mass is 16.2. The zero-order valence-corrected chi connectivity index (χ0v) is 16.0. The molecule has 4 heteroatoms. The smallest absolute Gasteiger partial charge is 0.261 e. The Bertz CT molecular complexity index is 1170. The maximum Gasteiger partial charge on any atom is 0.261 e. The zero-order chi connectivity index (χ0) is 20.1. The van der Waals surface area contributed by atoms with Crippen LogP contribution in [0.4, 0.5) is 0 Å². The molecule has 0 saturated heterocycles. The first-order chi connectivity index (χ1) is 14.2. The minimum absolute atomic E-state index is 0.174. The highest BCUT2D eigenvalue weighted by molar-refractivity contribution is 5.97. The normalized spacial score (nSPS) is 10.8. The van der Waals surface area contributed by atoms with E-state index in [0.29, 0.717) is 13.1 Å². The van der Waals surface area contributed by atoms with Gasteiger partial charge in [0.15, 0.2) is 0 Å². The summed E-state index contributed by atoms with van der Waals surface area (Å²) in [5.74, 6) is -0.253. The van der Waals surface area contributed by atoms with Crippen molar-refractivity contribution in [3.63, 3.8) is 0 Å². The summed E-state index contributed by atoms with van der Waals surface area (Å²) in [4.78, 5) is 30.5. The molecule has 0 atom stereocenters. The number of fused-ring (bicyclic) bond motifs is 1. The summed E-state index contributed by atoms with van der Waals surface area (Å²) in [5.41, 5.74) is 2.74. The van der Waals surface area contributed by atoms with Crippen molar-refractivity contribution in [3.05, 3.63) is 118 Å². The molecule has 0 saturated carbocycles. The van der Waals surface area contributed by atoms with E-state index < -0.39 is 0 Å². The van der Waals surface area contributed by atoms with Gasteiger partial charge in [-0.15, -0.1) is 0 Å². The van der Waals surface area contributed by atoms with Gasteiger partial charge in [0, 0.05) is 18.6 Å². The Hall–Kier alpha value is -3.66. The number of rotatable bonds is 6. The molecule has 1 aromatic heterocycles. The van der Waals surface area contributed by atoms with Crippen molar-refractivity contribution in [2.24, 2.45) is 0 Å². The van der Waals surface area contributed by atoms with Crippen LogP contribution in [0.5, 0.6) is 0 Å². The summed E-state index contributed by atoms with van der Waals surface area (Å²) in [6, 6.07) is 29.1. The van der Waals surface area contributed by atoms with E-state index in [1.165, 1.54) is 0 Å². The second-order valence-corrected chi connectivity index (χ2v) is 7.05. The molecule has 1 N–H and O–H groups in total. The van der Waals surface area contributed by atoms with Gasteiger partial charge in [-0.05, 0) is 35.1 Å². The molecule has 0 aliphatic heterocycles. The monoisotopic (exact) mass is 382 g/mol. The van der Waals surface area contributed by atoms with Crippen LogP contribution in [-0.4, -0.2) is 22.3 Å². The van der Waals surface area contributed by atoms with Crippen LogP contribution in [0.1, 0.15) is 21.5 Å². The Labute approximate surface area is 169 Å². The van der Waals surface area contributed by atoms with E-state index in [4.69, 9.17) is 0 Å². The molecule has 0 fully saturated rings. The van der Waals surface area contributed by atoms with E-state index in [1.807, 2.05) is 84.9 Å². The van der Waals surface area contributed by atoms with Gasteiger partial charge in [0.2, 0.25) is 0 Å².